The molecule has 4 rings (SSSR count). The summed E-state index contributed by atoms with van der Waals surface area (Å²) in [5, 5.41) is 5.10. The molecule has 3 heterocycles. The molecule has 0 bridgehead atoms. The van der Waals surface area contributed by atoms with Crippen molar-refractivity contribution in [2.24, 2.45) is 0 Å². The number of hydrogen-bond acceptors (Lipinski definition) is 6. The van der Waals surface area contributed by atoms with Crippen LogP contribution < -0.4 is 15.0 Å². The molecule has 2 amide bonds. The number of rotatable bonds is 6. The molecule has 0 aliphatic carbocycles. The maximum Gasteiger partial charge on any atom is 0.311 e. The second-order valence-corrected chi connectivity index (χ2v) is 9.78. The lowest BCUT2D eigenvalue weighted by Gasteiger charge is -2.42. The number of nitrogens with zero attached hydrogens (tertiary/aromatic N) is 3. The summed E-state index contributed by atoms with van der Waals surface area (Å²) in [6.45, 7) is 6.96. The highest BCUT2D eigenvalue weighted by Gasteiger charge is 2.33. The van der Waals surface area contributed by atoms with Crippen molar-refractivity contribution < 1.29 is 14.3 Å². The molecule has 2 saturated heterocycles. The number of carbonyl (C=O) groups excluding carboxylic acids is 2. The number of hydrogen-bond donors (Lipinski definition) is 1. The minimum absolute atomic E-state index is 0.0427. The Bertz CT molecular complexity index is 904. The van der Waals surface area contributed by atoms with Gasteiger partial charge in [0.2, 0.25) is 0 Å². The maximum atomic E-state index is 12.8. The smallest absolute Gasteiger partial charge is 0.311 e. The highest BCUT2D eigenvalue weighted by molar-refractivity contribution is 7.10. The van der Waals surface area contributed by atoms with Crippen LogP contribution in [0.2, 0.25) is 0 Å². The first-order valence-corrected chi connectivity index (χ1v) is 12.7. The molecule has 7 nitrogen and oxygen atoms in total. The first kappa shape index (κ1) is 23.6. The van der Waals surface area contributed by atoms with Crippen molar-refractivity contribution in [1.29, 1.82) is 0 Å². The summed E-state index contributed by atoms with van der Waals surface area (Å²) in [6.07, 6.45) is 3.08. The van der Waals surface area contributed by atoms with Gasteiger partial charge in [-0.15, -0.1) is 11.3 Å². The van der Waals surface area contributed by atoms with Crippen molar-refractivity contribution in [3.63, 3.8) is 0 Å². The molecule has 0 saturated carbocycles. The van der Waals surface area contributed by atoms with E-state index in [0.717, 1.165) is 51.2 Å². The summed E-state index contributed by atoms with van der Waals surface area (Å²) >= 11 is 1.70. The SMILES string of the molecule is COc1ccc(N2CCN([C@H](c3cccs3)[C@@H](C)NC(=O)C(=O)N3CCCCC3)CC2)cc1. The van der Waals surface area contributed by atoms with Gasteiger partial charge in [0.15, 0.2) is 0 Å². The minimum atomic E-state index is -0.483. The second kappa shape index (κ2) is 11.0. The third kappa shape index (κ3) is 5.68. The monoisotopic (exact) mass is 470 g/mol. The zero-order valence-electron chi connectivity index (χ0n) is 19.5. The third-order valence-electron chi connectivity index (χ3n) is 6.65. The number of piperazine rings is 1. The molecule has 1 N–H and O–H groups in total. The second-order valence-electron chi connectivity index (χ2n) is 8.80. The van der Waals surface area contributed by atoms with Crippen molar-refractivity contribution in [2.75, 3.05) is 51.3 Å². The number of amides is 2. The molecule has 0 unspecified atom stereocenters. The molecule has 0 spiro atoms. The summed E-state index contributed by atoms with van der Waals surface area (Å²) < 4.78 is 5.27. The number of thiophene rings is 1. The van der Waals surface area contributed by atoms with Gasteiger partial charge in [0.1, 0.15) is 5.75 Å². The first-order chi connectivity index (χ1) is 16.1. The number of methoxy groups -OCH3 is 1. The number of carbonyl (C=O) groups is 2. The van der Waals surface area contributed by atoms with E-state index in [1.54, 1.807) is 23.3 Å². The summed E-state index contributed by atoms with van der Waals surface area (Å²) in [6, 6.07) is 12.2. The predicted octanol–water partition coefficient (Wildman–Crippen LogP) is 3.14. The number of piperidine rings is 1. The first-order valence-electron chi connectivity index (χ1n) is 11.8. The van der Waals surface area contributed by atoms with Crippen LogP contribution in [0.25, 0.3) is 0 Å². The maximum absolute atomic E-state index is 12.8. The quantitative estimate of drug-likeness (QED) is 0.657. The van der Waals surface area contributed by atoms with Gasteiger partial charge >= 0.3 is 11.8 Å². The van der Waals surface area contributed by atoms with Gasteiger partial charge < -0.3 is 19.9 Å². The Labute approximate surface area is 200 Å². The fraction of sp³-hybridized carbons (Fsp3) is 0.520. The molecule has 1 aromatic heterocycles. The van der Waals surface area contributed by atoms with Crippen molar-refractivity contribution >= 4 is 28.8 Å². The van der Waals surface area contributed by atoms with Crippen LogP contribution in [-0.2, 0) is 9.59 Å². The van der Waals surface area contributed by atoms with E-state index < -0.39 is 11.8 Å². The molecule has 2 aromatic rings. The van der Waals surface area contributed by atoms with E-state index in [-0.39, 0.29) is 12.1 Å². The predicted molar refractivity (Wildman–Crippen MR) is 132 cm³/mol. The molecule has 8 heteroatoms. The van der Waals surface area contributed by atoms with E-state index in [1.807, 2.05) is 25.1 Å². The molecule has 2 aliphatic heterocycles. The summed E-state index contributed by atoms with van der Waals surface area (Å²) in [5.74, 6) is -0.0163. The Morgan fingerprint density at radius 3 is 2.27 bits per heavy atom. The standard InChI is InChI=1S/C25H34N4O3S/c1-19(26-24(30)25(31)29-12-4-3-5-13-29)23(22-7-6-18-33-22)28-16-14-27(15-17-28)20-8-10-21(32-2)11-9-20/h6-11,18-19,23H,3-5,12-17H2,1-2H3,(H,26,30)/t19-,23+/m1/s1. The van der Waals surface area contributed by atoms with Crippen molar-refractivity contribution in [3.05, 3.63) is 46.7 Å². The lowest BCUT2D eigenvalue weighted by Crippen LogP contribution is -2.54. The van der Waals surface area contributed by atoms with E-state index in [2.05, 4.69) is 38.7 Å². The number of ether oxygens (including phenoxy) is 1. The van der Waals surface area contributed by atoms with Gasteiger partial charge in [-0.3, -0.25) is 14.5 Å². The van der Waals surface area contributed by atoms with E-state index in [4.69, 9.17) is 4.74 Å². The molecule has 2 atom stereocenters. The van der Waals surface area contributed by atoms with Gasteiger partial charge in [0.05, 0.1) is 13.2 Å². The molecule has 2 fully saturated rings. The molecule has 0 radical (unpaired) electrons. The number of likely N-dealkylation sites (tertiary alicyclic amines) is 1. The summed E-state index contributed by atoms with van der Waals surface area (Å²) in [4.78, 5) is 33.1. The fourth-order valence-electron chi connectivity index (χ4n) is 4.84. The topological polar surface area (TPSA) is 65.1 Å². The molecule has 33 heavy (non-hydrogen) atoms. The average Bonchev–Trinajstić information content (AvgIpc) is 3.39. The van der Waals surface area contributed by atoms with Gasteiger partial charge in [-0.25, -0.2) is 0 Å². The van der Waals surface area contributed by atoms with Gasteiger partial charge in [-0.2, -0.15) is 0 Å². The van der Waals surface area contributed by atoms with Crippen LogP contribution in [0.3, 0.4) is 0 Å². The van der Waals surface area contributed by atoms with Gasteiger partial charge in [0.25, 0.3) is 0 Å². The molecule has 178 valence electrons. The van der Waals surface area contributed by atoms with Crippen LogP contribution in [-0.4, -0.2) is 74.0 Å². The molecular weight excluding hydrogens is 436 g/mol. The normalized spacial score (nSPS) is 19.1. The van der Waals surface area contributed by atoms with Crippen molar-refractivity contribution in [2.45, 2.75) is 38.3 Å². The van der Waals surface area contributed by atoms with E-state index >= 15 is 0 Å². The molecule has 2 aliphatic rings. The van der Waals surface area contributed by atoms with Crippen LogP contribution in [0.1, 0.15) is 37.1 Å². The Balaban J connectivity index is 1.40. The Kier molecular flexibility index (Phi) is 7.88. The Morgan fingerprint density at radius 1 is 0.970 bits per heavy atom. The van der Waals surface area contributed by atoms with Crippen LogP contribution >= 0.6 is 11.3 Å². The lowest BCUT2D eigenvalue weighted by molar-refractivity contribution is -0.147. The Morgan fingerprint density at radius 2 is 1.67 bits per heavy atom. The van der Waals surface area contributed by atoms with Crippen LogP contribution in [0, 0.1) is 0 Å². The van der Waals surface area contributed by atoms with Crippen LogP contribution in [0.15, 0.2) is 41.8 Å². The van der Waals surface area contributed by atoms with E-state index in [0.29, 0.717) is 13.1 Å². The highest BCUT2D eigenvalue weighted by atomic mass is 32.1. The minimum Gasteiger partial charge on any atom is -0.497 e. The van der Waals surface area contributed by atoms with Crippen molar-refractivity contribution in [3.8, 4) is 5.75 Å². The highest BCUT2D eigenvalue weighted by Crippen LogP contribution is 2.30. The van der Waals surface area contributed by atoms with Crippen molar-refractivity contribution in [1.82, 2.24) is 15.1 Å². The third-order valence-corrected chi connectivity index (χ3v) is 7.59. The van der Waals surface area contributed by atoms with Gasteiger partial charge in [0, 0.05) is 55.9 Å². The molecular formula is C25H34N4O3S. The number of benzene rings is 1. The zero-order valence-corrected chi connectivity index (χ0v) is 20.4. The summed E-state index contributed by atoms with van der Waals surface area (Å²) in [7, 11) is 1.68. The zero-order chi connectivity index (χ0) is 23.2. The summed E-state index contributed by atoms with van der Waals surface area (Å²) in [5.41, 5.74) is 1.19. The lowest BCUT2D eigenvalue weighted by atomic mass is 10.0. The van der Waals surface area contributed by atoms with E-state index in [1.165, 1.54) is 10.6 Å². The largest absolute Gasteiger partial charge is 0.497 e. The number of anilines is 1. The Hall–Kier alpha value is -2.58. The molecule has 1 aromatic carbocycles. The average molecular weight is 471 g/mol. The van der Waals surface area contributed by atoms with Crippen LogP contribution in [0.5, 0.6) is 5.75 Å². The van der Waals surface area contributed by atoms with E-state index in [9.17, 15) is 9.59 Å². The number of nitrogens with one attached hydrogen (secondary N) is 1. The van der Waals surface area contributed by atoms with Gasteiger partial charge in [-0.1, -0.05) is 6.07 Å². The van der Waals surface area contributed by atoms with Crippen LogP contribution in [0.4, 0.5) is 5.69 Å². The fourth-order valence-corrected chi connectivity index (χ4v) is 5.81. The van der Waals surface area contributed by atoms with Gasteiger partial charge in [-0.05, 0) is 61.9 Å².